The summed E-state index contributed by atoms with van der Waals surface area (Å²) in [5, 5.41) is 18.5. The molecule has 0 radical (unpaired) electrons. The molecule has 0 aromatic rings. The third-order valence-electron chi connectivity index (χ3n) is 3.30. The van der Waals surface area contributed by atoms with E-state index in [1.165, 1.54) is 0 Å². The van der Waals surface area contributed by atoms with Crippen LogP contribution in [0.1, 0.15) is 26.7 Å². The number of hydrogen-bond donors (Lipinski definition) is 2. The predicted octanol–water partition coefficient (Wildman–Crippen LogP) is 0.478. The quantitative estimate of drug-likeness (QED) is 0.669. The van der Waals surface area contributed by atoms with Gasteiger partial charge < -0.3 is 19.8 Å². The molecule has 1 aliphatic rings. The van der Waals surface area contributed by atoms with Crippen LogP contribution in [0, 0.1) is 5.41 Å². The molecule has 0 aromatic carbocycles. The van der Waals surface area contributed by atoms with Gasteiger partial charge in [-0.25, -0.2) is 0 Å². The van der Waals surface area contributed by atoms with Gasteiger partial charge in [-0.05, 0) is 19.4 Å². The lowest BCUT2D eigenvalue weighted by Gasteiger charge is -2.33. The standard InChI is InChI=1S/C12H25NO3/c1-3-13(7-11-5-4-6-16-11)8-12(2,9-14)10-15/h11,14-15H,3-10H2,1-2H3. The van der Waals surface area contributed by atoms with E-state index in [0.717, 1.165) is 39.1 Å². The molecule has 0 spiro atoms. The number of likely N-dealkylation sites (N-methyl/N-ethyl adjacent to an activating group) is 1. The van der Waals surface area contributed by atoms with Crippen LogP contribution in [-0.4, -0.2) is 60.7 Å². The summed E-state index contributed by atoms with van der Waals surface area (Å²) in [5.74, 6) is 0. The van der Waals surface area contributed by atoms with Crippen LogP contribution in [-0.2, 0) is 4.74 Å². The predicted molar refractivity (Wildman–Crippen MR) is 63.4 cm³/mol. The van der Waals surface area contributed by atoms with Gasteiger partial charge in [0.1, 0.15) is 0 Å². The molecule has 0 saturated carbocycles. The summed E-state index contributed by atoms with van der Waals surface area (Å²) in [4.78, 5) is 2.25. The third-order valence-corrected chi connectivity index (χ3v) is 3.30. The lowest BCUT2D eigenvalue weighted by Crippen LogP contribution is -2.43. The number of ether oxygens (including phenoxy) is 1. The Morgan fingerprint density at radius 2 is 2.06 bits per heavy atom. The van der Waals surface area contributed by atoms with Gasteiger partial charge in [0.2, 0.25) is 0 Å². The fourth-order valence-electron chi connectivity index (χ4n) is 2.07. The van der Waals surface area contributed by atoms with Crippen molar-refractivity contribution in [2.24, 2.45) is 5.41 Å². The van der Waals surface area contributed by atoms with Crippen LogP contribution < -0.4 is 0 Å². The zero-order valence-electron chi connectivity index (χ0n) is 10.5. The molecule has 16 heavy (non-hydrogen) atoms. The summed E-state index contributed by atoms with van der Waals surface area (Å²) in [5.41, 5.74) is -0.408. The summed E-state index contributed by atoms with van der Waals surface area (Å²) >= 11 is 0. The topological polar surface area (TPSA) is 52.9 Å². The third kappa shape index (κ3) is 4.01. The van der Waals surface area contributed by atoms with Crippen molar-refractivity contribution >= 4 is 0 Å². The molecule has 2 N–H and O–H groups in total. The van der Waals surface area contributed by atoms with Gasteiger partial charge in [-0.2, -0.15) is 0 Å². The zero-order chi connectivity index (χ0) is 12.0. The molecule has 0 aliphatic carbocycles. The Labute approximate surface area is 98.2 Å². The van der Waals surface area contributed by atoms with E-state index in [9.17, 15) is 10.2 Å². The van der Waals surface area contributed by atoms with E-state index in [0.29, 0.717) is 6.10 Å². The van der Waals surface area contributed by atoms with Crippen LogP contribution in [0.25, 0.3) is 0 Å². The van der Waals surface area contributed by atoms with E-state index in [1.54, 1.807) is 0 Å². The molecule has 1 fully saturated rings. The Balaban J connectivity index is 2.40. The van der Waals surface area contributed by atoms with Gasteiger partial charge >= 0.3 is 0 Å². The molecule has 4 heteroatoms. The van der Waals surface area contributed by atoms with Gasteiger partial charge in [0.05, 0.1) is 19.3 Å². The minimum Gasteiger partial charge on any atom is -0.396 e. The number of hydrogen-bond acceptors (Lipinski definition) is 4. The van der Waals surface area contributed by atoms with Gasteiger partial charge in [-0.1, -0.05) is 13.8 Å². The van der Waals surface area contributed by atoms with Crippen molar-refractivity contribution in [1.82, 2.24) is 4.90 Å². The fraction of sp³-hybridized carbons (Fsp3) is 1.00. The largest absolute Gasteiger partial charge is 0.396 e. The Morgan fingerprint density at radius 3 is 2.50 bits per heavy atom. The van der Waals surface area contributed by atoms with E-state index in [1.807, 2.05) is 6.92 Å². The average Bonchev–Trinajstić information content (AvgIpc) is 2.80. The highest BCUT2D eigenvalue weighted by Crippen LogP contribution is 2.19. The molecule has 1 aliphatic heterocycles. The molecule has 1 saturated heterocycles. The lowest BCUT2D eigenvalue weighted by molar-refractivity contribution is 0.0149. The Morgan fingerprint density at radius 1 is 1.38 bits per heavy atom. The lowest BCUT2D eigenvalue weighted by atomic mass is 9.92. The van der Waals surface area contributed by atoms with E-state index in [4.69, 9.17) is 4.74 Å². The summed E-state index contributed by atoms with van der Waals surface area (Å²) in [7, 11) is 0. The SMILES string of the molecule is CCN(CC1CCCO1)CC(C)(CO)CO. The van der Waals surface area contributed by atoms with Gasteiger partial charge in [-0.15, -0.1) is 0 Å². The number of rotatable bonds is 7. The minimum atomic E-state index is -0.408. The molecule has 1 heterocycles. The molecule has 1 atom stereocenters. The summed E-state index contributed by atoms with van der Waals surface area (Å²) in [6, 6.07) is 0. The molecule has 4 nitrogen and oxygen atoms in total. The van der Waals surface area contributed by atoms with Crippen LogP contribution in [0.5, 0.6) is 0 Å². The zero-order valence-corrected chi connectivity index (χ0v) is 10.5. The number of aliphatic hydroxyl groups is 2. The second-order valence-electron chi connectivity index (χ2n) is 5.09. The molecular formula is C12H25NO3. The molecule has 0 bridgehead atoms. The van der Waals surface area contributed by atoms with Crippen molar-refractivity contribution in [3.63, 3.8) is 0 Å². The first kappa shape index (κ1) is 13.9. The monoisotopic (exact) mass is 231 g/mol. The van der Waals surface area contributed by atoms with E-state index < -0.39 is 5.41 Å². The molecule has 1 rings (SSSR count). The number of aliphatic hydroxyl groups excluding tert-OH is 2. The van der Waals surface area contributed by atoms with E-state index in [-0.39, 0.29) is 13.2 Å². The summed E-state index contributed by atoms with van der Waals surface area (Å²) in [6.45, 7) is 7.48. The first-order valence-electron chi connectivity index (χ1n) is 6.19. The van der Waals surface area contributed by atoms with Crippen molar-refractivity contribution in [3.05, 3.63) is 0 Å². The number of nitrogens with zero attached hydrogens (tertiary/aromatic N) is 1. The Hall–Kier alpha value is -0.160. The molecule has 96 valence electrons. The van der Waals surface area contributed by atoms with Crippen molar-refractivity contribution in [2.75, 3.05) is 39.5 Å². The molecule has 0 aromatic heterocycles. The minimum absolute atomic E-state index is 0.0194. The highest BCUT2D eigenvalue weighted by molar-refractivity contribution is 4.79. The summed E-state index contributed by atoms with van der Waals surface area (Å²) < 4.78 is 5.60. The first-order chi connectivity index (χ1) is 7.63. The second kappa shape index (κ2) is 6.55. The van der Waals surface area contributed by atoms with Crippen LogP contribution in [0.15, 0.2) is 0 Å². The van der Waals surface area contributed by atoms with Gasteiger partial charge in [0.15, 0.2) is 0 Å². The van der Waals surface area contributed by atoms with Gasteiger partial charge in [0.25, 0.3) is 0 Å². The van der Waals surface area contributed by atoms with E-state index >= 15 is 0 Å². The first-order valence-corrected chi connectivity index (χ1v) is 6.19. The van der Waals surface area contributed by atoms with Crippen molar-refractivity contribution < 1.29 is 14.9 Å². The Bertz CT molecular complexity index is 189. The molecule has 0 amide bonds. The second-order valence-corrected chi connectivity index (χ2v) is 5.09. The smallest absolute Gasteiger partial charge is 0.0702 e. The van der Waals surface area contributed by atoms with Crippen LogP contribution in [0.4, 0.5) is 0 Å². The van der Waals surface area contributed by atoms with Gasteiger partial charge in [-0.3, -0.25) is 0 Å². The normalized spacial score (nSPS) is 21.9. The van der Waals surface area contributed by atoms with Crippen molar-refractivity contribution in [3.8, 4) is 0 Å². The maximum absolute atomic E-state index is 9.27. The fourth-order valence-corrected chi connectivity index (χ4v) is 2.07. The summed E-state index contributed by atoms with van der Waals surface area (Å²) in [6.07, 6.45) is 2.62. The van der Waals surface area contributed by atoms with Crippen LogP contribution in [0.2, 0.25) is 0 Å². The molecular weight excluding hydrogens is 206 g/mol. The van der Waals surface area contributed by atoms with Gasteiger partial charge in [0, 0.05) is 25.1 Å². The van der Waals surface area contributed by atoms with Crippen molar-refractivity contribution in [1.29, 1.82) is 0 Å². The van der Waals surface area contributed by atoms with Crippen LogP contribution in [0.3, 0.4) is 0 Å². The average molecular weight is 231 g/mol. The maximum Gasteiger partial charge on any atom is 0.0702 e. The Kier molecular flexibility index (Phi) is 5.69. The van der Waals surface area contributed by atoms with E-state index in [2.05, 4.69) is 11.8 Å². The highest BCUT2D eigenvalue weighted by atomic mass is 16.5. The van der Waals surface area contributed by atoms with Crippen molar-refractivity contribution in [2.45, 2.75) is 32.8 Å². The van der Waals surface area contributed by atoms with Crippen LogP contribution >= 0.6 is 0 Å². The maximum atomic E-state index is 9.27. The molecule has 1 unspecified atom stereocenters. The highest BCUT2D eigenvalue weighted by Gasteiger charge is 2.27.